The van der Waals surface area contributed by atoms with Crippen LogP contribution in [0.15, 0.2) is 71.4 Å². The van der Waals surface area contributed by atoms with Crippen LogP contribution in [0, 0.1) is 0 Å². The maximum atomic E-state index is 14.7. The Morgan fingerprint density at radius 3 is 2.19 bits per heavy atom. The summed E-state index contributed by atoms with van der Waals surface area (Å²) in [6, 6.07) is 17.1. The van der Waals surface area contributed by atoms with Gasteiger partial charge in [-0.25, -0.2) is 9.59 Å². The van der Waals surface area contributed by atoms with Gasteiger partial charge < -0.3 is 43.2 Å². The van der Waals surface area contributed by atoms with Gasteiger partial charge in [0.1, 0.15) is 17.9 Å². The van der Waals surface area contributed by atoms with Gasteiger partial charge in [0.25, 0.3) is 0 Å². The Morgan fingerprint density at radius 2 is 1.55 bits per heavy atom. The quantitative estimate of drug-likeness (QED) is 0.116. The largest absolute Gasteiger partial charge is 0.493 e. The Balaban J connectivity index is 1.45. The van der Waals surface area contributed by atoms with E-state index < -0.39 is 36.6 Å². The molecule has 0 spiro atoms. The lowest BCUT2D eigenvalue weighted by molar-refractivity contribution is -0.162. The van der Waals surface area contributed by atoms with Crippen molar-refractivity contribution in [1.82, 2.24) is 4.90 Å². The SMILES string of the molecule is COc1ccc(CC[C@@H](OC(=O)[C@@H]2CCCCN2C(=O)[C@@H](c2ccsc2)c2cc(OC)c(OC)c(OC)c2)c2cccc(OCC(=O)O)c2)cc1OC. The molecule has 0 radical (unpaired) electrons. The summed E-state index contributed by atoms with van der Waals surface area (Å²) < 4.78 is 39.4. The van der Waals surface area contributed by atoms with Gasteiger partial charge in [-0.1, -0.05) is 18.2 Å². The Labute approximate surface area is 313 Å². The number of carbonyl (C=O) groups is 3. The Hall–Kier alpha value is -5.43. The van der Waals surface area contributed by atoms with Crippen LogP contribution in [0.4, 0.5) is 0 Å². The minimum Gasteiger partial charge on any atom is -0.493 e. The van der Waals surface area contributed by atoms with Crippen molar-refractivity contribution < 1.29 is 52.6 Å². The van der Waals surface area contributed by atoms with E-state index in [1.165, 1.54) is 32.7 Å². The monoisotopic (exact) mass is 747 g/mol. The minimum absolute atomic E-state index is 0.245. The van der Waals surface area contributed by atoms with Crippen LogP contribution < -0.4 is 28.4 Å². The van der Waals surface area contributed by atoms with Crippen LogP contribution in [-0.4, -0.2) is 82.6 Å². The van der Waals surface area contributed by atoms with Crippen molar-refractivity contribution >= 4 is 29.2 Å². The molecule has 1 aliphatic rings. The molecule has 2 heterocycles. The Morgan fingerprint density at radius 1 is 0.811 bits per heavy atom. The van der Waals surface area contributed by atoms with Crippen molar-refractivity contribution in [1.29, 1.82) is 0 Å². The number of esters is 1. The molecular weight excluding hydrogens is 703 g/mol. The number of likely N-dealkylation sites (tertiary alicyclic amines) is 1. The second-order valence-electron chi connectivity index (χ2n) is 12.4. The maximum Gasteiger partial charge on any atom is 0.341 e. The van der Waals surface area contributed by atoms with Gasteiger partial charge >= 0.3 is 11.9 Å². The average molecular weight is 748 g/mol. The summed E-state index contributed by atoms with van der Waals surface area (Å²) in [4.78, 5) is 41.9. The first-order chi connectivity index (χ1) is 25.7. The van der Waals surface area contributed by atoms with E-state index in [2.05, 4.69) is 0 Å². The molecule has 12 nitrogen and oxygen atoms in total. The number of hydrogen-bond acceptors (Lipinski definition) is 11. The molecular formula is C40H45NO11S. The van der Waals surface area contributed by atoms with Crippen LogP contribution in [0.5, 0.6) is 34.5 Å². The lowest BCUT2D eigenvalue weighted by Gasteiger charge is -2.37. The summed E-state index contributed by atoms with van der Waals surface area (Å²) in [5, 5.41) is 13.0. The van der Waals surface area contributed by atoms with E-state index in [0.717, 1.165) is 24.0 Å². The van der Waals surface area contributed by atoms with Gasteiger partial charge in [-0.3, -0.25) is 4.79 Å². The normalized spacial score (nSPS) is 15.1. The summed E-state index contributed by atoms with van der Waals surface area (Å²) in [5.74, 6) is 0.0949. The number of benzene rings is 3. The van der Waals surface area contributed by atoms with Gasteiger partial charge in [0, 0.05) is 6.54 Å². The number of aryl methyl sites for hydroxylation is 1. The molecule has 1 fully saturated rings. The third-order valence-corrected chi connectivity index (χ3v) is 9.90. The minimum atomic E-state index is -1.11. The first kappa shape index (κ1) is 38.8. The van der Waals surface area contributed by atoms with Gasteiger partial charge in [-0.05, 0) is 108 Å². The molecule has 13 heteroatoms. The van der Waals surface area contributed by atoms with Crippen LogP contribution >= 0.6 is 11.3 Å². The molecule has 5 rings (SSSR count). The zero-order chi connectivity index (χ0) is 37.9. The number of carboxylic acids is 1. The zero-order valence-electron chi connectivity index (χ0n) is 30.5. The van der Waals surface area contributed by atoms with Gasteiger partial charge in [-0.2, -0.15) is 11.3 Å². The molecule has 53 heavy (non-hydrogen) atoms. The van der Waals surface area contributed by atoms with Crippen molar-refractivity contribution in [2.24, 2.45) is 0 Å². The zero-order valence-corrected chi connectivity index (χ0v) is 31.3. The Kier molecular flexibility index (Phi) is 13.4. The predicted octanol–water partition coefficient (Wildman–Crippen LogP) is 6.68. The van der Waals surface area contributed by atoms with Crippen molar-refractivity contribution in [2.45, 2.75) is 50.2 Å². The van der Waals surface area contributed by atoms with E-state index >= 15 is 0 Å². The molecule has 282 valence electrons. The number of nitrogens with zero attached hydrogens (tertiary/aromatic N) is 1. The first-order valence-corrected chi connectivity index (χ1v) is 18.1. The fraction of sp³-hybridized carbons (Fsp3) is 0.375. The van der Waals surface area contributed by atoms with Gasteiger partial charge in [0.05, 0.1) is 41.5 Å². The standard InChI is InChI=1S/C40H45NO11S/c1-46-32-15-13-25(19-33(32)47-2)12-14-31(26-9-8-10-29(20-26)51-23-36(42)43)52-40(45)30-11-6-7-17-41(30)39(44)37(27-16-18-53-24-27)28-21-34(48-3)38(50-5)35(22-28)49-4/h8-10,13,15-16,18-22,24,30-31,37H,6-7,11-12,14,17,23H2,1-5H3,(H,42,43)/t30-,31+,37-/m0/s1. The number of rotatable bonds is 17. The number of aliphatic carboxylic acids is 1. The van der Waals surface area contributed by atoms with Crippen LogP contribution in [-0.2, 0) is 25.5 Å². The molecule has 1 aliphatic heterocycles. The molecule has 1 saturated heterocycles. The van der Waals surface area contributed by atoms with Crippen molar-refractivity contribution in [3.05, 3.63) is 93.7 Å². The molecule has 1 aromatic heterocycles. The summed E-state index contributed by atoms with van der Waals surface area (Å²) in [6.07, 6.45) is 2.05. The molecule has 3 atom stereocenters. The summed E-state index contributed by atoms with van der Waals surface area (Å²) in [6.45, 7) is -0.144. The average Bonchev–Trinajstić information content (AvgIpc) is 3.72. The summed E-state index contributed by atoms with van der Waals surface area (Å²) in [5.41, 5.74) is 2.97. The highest BCUT2D eigenvalue weighted by Crippen LogP contribution is 2.43. The third-order valence-electron chi connectivity index (χ3n) is 9.20. The predicted molar refractivity (Wildman–Crippen MR) is 198 cm³/mol. The van der Waals surface area contributed by atoms with Crippen LogP contribution in [0.1, 0.15) is 60.0 Å². The maximum absolute atomic E-state index is 14.7. The van der Waals surface area contributed by atoms with Crippen molar-refractivity contribution in [3.63, 3.8) is 0 Å². The third kappa shape index (κ3) is 9.33. The van der Waals surface area contributed by atoms with Gasteiger partial charge in [0.2, 0.25) is 11.7 Å². The topological polar surface area (TPSA) is 139 Å². The summed E-state index contributed by atoms with van der Waals surface area (Å²) in [7, 11) is 7.70. The highest BCUT2D eigenvalue weighted by molar-refractivity contribution is 7.08. The van der Waals surface area contributed by atoms with Gasteiger partial charge in [-0.15, -0.1) is 0 Å². The lowest BCUT2D eigenvalue weighted by atomic mass is 9.89. The number of ether oxygens (including phenoxy) is 7. The second kappa shape index (κ2) is 18.4. The van der Waals surface area contributed by atoms with E-state index in [0.29, 0.717) is 71.4 Å². The van der Waals surface area contributed by atoms with Crippen LogP contribution in [0.2, 0.25) is 0 Å². The van der Waals surface area contributed by atoms with Crippen LogP contribution in [0.3, 0.4) is 0 Å². The van der Waals surface area contributed by atoms with Gasteiger partial charge in [0.15, 0.2) is 29.6 Å². The number of piperidine rings is 1. The highest BCUT2D eigenvalue weighted by atomic mass is 32.1. The number of carboxylic acid groups (broad SMARTS) is 1. The smallest absolute Gasteiger partial charge is 0.341 e. The Bertz CT molecular complexity index is 1840. The fourth-order valence-electron chi connectivity index (χ4n) is 6.59. The molecule has 3 aromatic carbocycles. The number of amides is 1. The molecule has 0 unspecified atom stereocenters. The fourth-order valence-corrected chi connectivity index (χ4v) is 7.27. The number of hydrogen-bond donors (Lipinski definition) is 1. The van der Waals surface area contributed by atoms with E-state index in [4.69, 9.17) is 38.3 Å². The van der Waals surface area contributed by atoms with E-state index in [-0.39, 0.29) is 5.91 Å². The number of methoxy groups -OCH3 is 5. The van der Waals surface area contributed by atoms with E-state index in [1.54, 1.807) is 55.5 Å². The van der Waals surface area contributed by atoms with Crippen LogP contribution in [0.25, 0.3) is 0 Å². The van der Waals surface area contributed by atoms with E-state index in [1.807, 2.05) is 35.0 Å². The molecule has 0 bridgehead atoms. The molecule has 0 aliphatic carbocycles. The number of thiophene rings is 1. The molecule has 4 aromatic rings. The molecule has 1 amide bonds. The molecule has 0 saturated carbocycles. The first-order valence-electron chi connectivity index (χ1n) is 17.2. The lowest BCUT2D eigenvalue weighted by Crippen LogP contribution is -2.50. The number of carbonyl (C=O) groups excluding carboxylic acids is 2. The van der Waals surface area contributed by atoms with E-state index in [9.17, 15) is 14.4 Å². The highest BCUT2D eigenvalue weighted by Gasteiger charge is 2.39. The second-order valence-corrected chi connectivity index (χ2v) is 13.2. The molecule has 1 N–H and O–H groups in total. The van der Waals surface area contributed by atoms with Crippen molar-refractivity contribution in [3.8, 4) is 34.5 Å². The van der Waals surface area contributed by atoms with Crippen molar-refractivity contribution in [2.75, 3.05) is 48.7 Å². The summed E-state index contributed by atoms with van der Waals surface area (Å²) >= 11 is 1.47.